The molecule has 7 nitrogen and oxygen atoms in total. The van der Waals surface area contributed by atoms with Crippen LogP contribution < -0.4 is 11.5 Å². The van der Waals surface area contributed by atoms with Gasteiger partial charge in [0.1, 0.15) is 11.5 Å². The molecule has 11 heteroatoms. The molecular formula is C12H9F4N5O2. The molecule has 1 aromatic carbocycles. The summed E-state index contributed by atoms with van der Waals surface area (Å²) < 4.78 is 52.1. The maximum atomic E-state index is 14.0. The number of aromatic nitrogens is 2. The SMILES string of the molecule is Nc1nc(N)c([N+](=O)[O-])c(Cc2cccc(C(F)(F)F)c2F)n1. The van der Waals surface area contributed by atoms with Gasteiger partial charge in [-0.15, -0.1) is 0 Å². The fourth-order valence-electron chi connectivity index (χ4n) is 1.98. The smallest absolute Gasteiger partial charge is 0.378 e. The van der Waals surface area contributed by atoms with Crippen molar-refractivity contribution in [3.05, 3.63) is 51.0 Å². The highest BCUT2D eigenvalue weighted by molar-refractivity contribution is 5.58. The predicted octanol–water partition coefficient (Wildman–Crippen LogP) is 2.30. The van der Waals surface area contributed by atoms with Crippen molar-refractivity contribution in [2.45, 2.75) is 12.6 Å². The number of nitro groups is 1. The maximum Gasteiger partial charge on any atom is 0.419 e. The summed E-state index contributed by atoms with van der Waals surface area (Å²) in [7, 11) is 0. The fraction of sp³-hybridized carbons (Fsp3) is 0.167. The summed E-state index contributed by atoms with van der Waals surface area (Å²) >= 11 is 0. The van der Waals surface area contributed by atoms with Crippen LogP contribution in [0.15, 0.2) is 18.2 Å². The number of rotatable bonds is 3. The number of halogens is 4. The quantitative estimate of drug-likeness (QED) is 0.506. The number of hydrogen-bond donors (Lipinski definition) is 2. The Morgan fingerprint density at radius 3 is 2.43 bits per heavy atom. The minimum Gasteiger partial charge on any atom is -0.378 e. The average molecular weight is 331 g/mol. The van der Waals surface area contributed by atoms with Crippen molar-refractivity contribution >= 4 is 17.5 Å². The summed E-state index contributed by atoms with van der Waals surface area (Å²) in [6, 6.07) is 2.61. The number of nitrogen functional groups attached to an aromatic ring is 2. The maximum absolute atomic E-state index is 14.0. The lowest BCUT2D eigenvalue weighted by Crippen LogP contribution is -2.12. The van der Waals surface area contributed by atoms with Crippen LogP contribution in [0.25, 0.3) is 0 Å². The molecule has 0 unspecified atom stereocenters. The average Bonchev–Trinajstić information content (AvgIpc) is 2.38. The molecule has 4 N–H and O–H groups in total. The summed E-state index contributed by atoms with van der Waals surface area (Å²) in [5.41, 5.74) is 7.68. The highest BCUT2D eigenvalue weighted by atomic mass is 19.4. The largest absolute Gasteiger partial charge is 0.419 e. The first kappa shape index (κ1) is 16.4. The molecule has 0 aliphatic carbocycles. The van der Waals surface area contributed by atoms with Crippen LogP contribution in [0, 0.1) is 15.9 Å². The summed E-state index contributed by atoms with van der Waals surface area (Å²) in [5.74, 6) is -2.49. The summed E-state index contributed by atoms with van der Waals surface area (Å²) in [4.78, 5) is 17.1. The molecular weight excluding hydrogens is 322 g/mol. The van der Waals surface area contributed by atoms with Crippen molar-refractivity contribution in [1.29, 1.82) is 0 Å². The topological polar surface area (TPSA) is 121 Å². The van der Waals surface area contributed by atoms with E-state index in [4.69, 9.17) is 11.5 Å². The third kappa shape index (κ3) is 3.27. The van der Waals surface area contributed by atoms with Gasteiger partial charge in [-0.25, -0.2) is 9.37 Å². The highest BCUT2D eigenvalue weighted by Crippen LogP contribution is 2.34. The minimum absolute atomic E-state index is 0.377. The zero-order chi connectivity index (χ0) is 17.4. The van der Waals surface area contributed by atoms with Gasteiger partial charge in [0.15, 0.2) is 0 Å². The molecule has 0 bridgehead atoms. The van der Waals surface area contributed by atoms with Crippen LogP contribution in [0.2, 0.25) is 0 Å². The molecule has 1 heterocycles. The molecule has 0 atom stereocenters. The molecule has 122 valence electrons. The second-order valence-corrected chi connectivity index (χ2v) is 4.47. The van der Waals surface area contributed by atoms with Gasteiger partial charge in [0.2, 0.25) is 11.8 Å². The van der Waals surface area contributed by atoms with E-state index in [-0.39, 0.29) is 5.69 Å². The highest BCUT2D eigenvalue weighted by Gasteiger charge is 2.35. The Labute approximate surface area is 126 Å². The van der Waals surface area contributed by atoms with E-state index < -0.39 is 51.9 Å². The van der Waals surface area contributed by atoms with Crippen molar-refractivity contribution < 1.29 is 22.5 Å². The molecule has 2 rings (SSSR count). The van der Waals surface area contributed by atoms with Gasteiger partial charge >= 0.3 is 11.9 Å². The van der Waals surface area contributed by atoms with Gasteiger partial charge in [-0.05, 0) is 11.6 Å². The predicted molar refractivity (Wildman–Crippen MR) is 71.7 cm³/mol. The van der Waals surface area contributed by atoms with E-state index in [0.717, 1.165) is 12.1 Å². The van der Waals surface area contributed by atoms with Gasteiger partial charge in [-0.1, -0.05) is 12.1 Å². The molecule has 0 fully saturated rings. The van der Waals surface area contributed by atoms with Crippen LogP contribution in [-0.4, -0.2) is 14.9 Å². The van der Waals surface area contributed by atoms with Crippen molar-refractivity contribution in [2.75, 3.05) is 11.5 Å². The second-order valence-electron chi connectivity index (χ2n) is 4.47. The van der Waals surface area contributed by atoms with Gasteiger partial charge in [0.25, 0.3) is 0 Å². The lowest BCUT2D eigenvalue weighted by molar-refractivity contribution is -0.385. The first-order chi connectivity index (χ1) is 10.6. The van der Waals surface area contributed by atoms with E-state index >= 15 is 0 Å². The molecule has 0 amide bonds. The Morgan fingerprint density at radius 2 is 1.87 bits per heavy atom. The Kier molecular flexibility index (Phi) is 4.04. The first-order valence-electron chi connectivity index (χ1n) is 6.02. The molecule has 1 aromatic heterocycles. The normalized spacial score (nSPS) is 11.5. The zero-order valence-corrected chi connectivity index (χ0v) is 11.3. The van der Waals surface area contributed by atoms with Gasteiger partial charge in [0.05, 0.1) is 10.5 Å². The van der Waals surface area contributed by atoms with Crippen LogP contribution in [-0.2, 0) is 12.6 Å². The Balaban J connectivity index is 2.55. The monoisotopic (exact) mass is 331 g/mol. The molecule has 0 aliphatic rings. The van der Waals surface area contributed by atoms with Crippen molar-refractivity contribution in [3.63, 3.8) is 0 Å². The van der Waals surface area contributed by atoms with E-state index in [9.17, 15) is 27.7 Å². The number of hydrogen-bond acceptors (Lipinski definition) is 6. The van der Waals surface area contributed by atoms with Crippen LogP contribution in [0.3, 0.4) is 0 Å². The number of benzene rings is 1. The van der Waals surface area contributed by atoms with Crippen LogP contribution in [0.5, 0.6) is 0 Å². The van der Waals surface area contributed by atoms with E-state index in [2.05, 4.69) is 9.97 Å². The van der Waals surface area contributed by atoms with Crippen molar-refractivity contribution in [3.8, 4) is 0 Å². The van der Waals surface area contributed by atoms with E-state index in [1.807, 2.05) is 0 Å². The molecule has 23 heavy (non-hydrogen) atoms. The number of anilines is 2. The molecule has 0 saturated heterocycles. The third-order valence-corrected chi connectivity index (χ3v) is 2.93. The van der Waals surface area contributed by atoms with Gasteiger partial charge in [-0.2, -0.15) is 18.2 Å². The number of alkyl halides is 3. The van der Waals surface area contributed by atoms with Crippen molar-refractivity contribution in [2.24, 2.45) is 0 Å². The first-order valence-corrected chi connectivity index (χ1v) is 6.02. The molecule has 0 saturated carbocycles. The zero-order valence-electron chi connectivity index (χ0n) is 11.3. The Bertz CT molecular complexity index is 779. The minimum atomic E-state index is -4.89. The van der Waals surface area contributed by atoms with Crippen molar-refractivity contribution in [1.82, 2.24) is 9.97 Å². The second kappa shape index (κ2) is 5.66. The summed E-state index contributed by atoms with van der Waals surface area (Å²) in [6.07, 6.45) is -5.49. The van der Waals surface area contributed by atoms with Crippen LogP contribution >= 0.6 is 0 Å². The van der Waals surface area contributed by atoms with Gasteiger partial charge in [-0.3, -0.25) is 10.1 Å². The molecule has 0 radical (unpaired) electrons. The Hall–Kier alpha value is -2.98. The van der Waals surface area contributed by atoms with Gasteiger partial charge < -0.3 is 11.5 Å². The molecule has 0 spiro atoms. The van der Waals surface area contributed by atoms with E-state index in [0.29, 0.717) is 6.07 Å². The summed E-state index contributed by atoms with van der Waals surface area (Å²) in [5, 5.41) is 11.0. The lowest BCUT2D eigenvalue weighted by atomic mass is 10.0. The Morgan fingerprint density at radius 1 is 1.22 bits per heavy atom. The number of nitrogens with two attached hydrogens (primary N) is 2. The van der Waals surface area contributed by atoms with E-state index in [1.165, 1.54) is 0 Å². The molecule has 0 aliphatic heterocycles. The van der Waals surface area contributed by atoms with Gasteiger partial charge in [0, 0.05) is 6.42 Å². The standard InChI is InChI=1S/C12H9F4N5O2/c13-8-5(2-1-3-6(8)12(14,15)16)4-7-9(21(22)23)10(17)20-11(18)19-7/h1-3H,4H2,(H4,17,18,19,20). The van der Waals surface area contributed by atoms with Crippen LogP contribution in [0.4, 0.5) is 35.0 Å². The molecule has 2 aromatic rings. The number of nitrogens with zero attached hydrogens (tertiary/aromatic N) is 3. The lowest BCUT2D eigenvalue weighted by Gasteiger charge is -2.11. The summed E-state index contributed by atoms with van der Waals surface area (Å²) in [6.45, 7) is 0. The third-order valence-electron chi connectivity index (χ3n) is 2.93. The van der Waals surface area contributed by atoms with Crippen LogP contribution in [0.1, 0.15) is 16.8 Å². The van der Waals surface area contributed by atoms with E-state index in [1.54, 1.807) is 0 Å². The fourth-order valence-corrected chi connectivity index (χ4v) is 1.98.